The molecule has 0 aliphatic heterocycles. The van der Waals surface area contributed by atoms with Gasteiger partial charge in [0.05, 0.1) is 29.1 Å². The van der Waals surface area contributed by atoms with Gasteiger partial charge in [0.15, 0.2) is 0 Å². The van der Waals surface area contributed by atoms with Crippen molar-refractivity contribution in [3.8, 4) is 0 Å². The summed E-state index contributed by atoms with van der Waals surface area (Å²) in [6.07, 6.45) is 0.136. The van der Waals surface area contributed by atoms with Crippen molar-refractivity contribution in [2.45, 2.75) is 38.8 Å². The minimum absolute atomic E-state index is 0.109. The Morgan fingerprint density at radius 1 is 1.39 bits per heavy atom. The van der Waals surface area contributed by atoms with Crippen LogP contribution in [0, 0.1) is 6.92 Å². The number of hydrogen-bond donors (Lipinski definition) is 0. The highest BCUT2D eigenvalue weighted by molar-refractivity contribution is 6.20. The van der Waals surface area contributed by atoms with Crippen LogP contribution in [0.25, 0.3) is 11.0 Å². The van der Waals surface area contributed by atoms with Crippen LogP contribution in [-0.4, -0.2) is 22.8 Å². The third kappa shape index (κ3) is 2.52. The Balaban J connectivity index is 2.57. The fourth-order valence-electron chi connectivity index (χ4n) is 2.08. The number of fused-ring (bicyclic) bond motifs is 1. The summed E-state index contributed by atoms with van der Waals surface area (Å²) in [5.41, 5.74) is 3.34. The van der Waals surface area contributed by atoms with Crippen LogP contribution in [0.4, 0.5) is 0 Å². The highest BCUT2D eigenvalue weighted by Crippen LogP contribution is 2.25. The predicted octanol–water partition coefficient (Wildman–Crippen LogP) is 3.68. The van der Waals surface area contributed by atoms with Gasteiger partial charge in [-0.25, -0.2) is 4.98 Å². The van der Waals surface area contributed by atoms with Crippen molar-refractivity contribution in [2.75, 3.05) is 7.11 Å². The summed E-state index contributed by atoms with van der Waals surface area (Å²) in [4.78, 5) is 4.62. The highest BCUT2D eigenvalue weighted by Gasteiger charge is 2.16. The molecule has 2 rings (SSSR count). The predicted molar refractivity (Wildman–Crippen MR) is 75.2 cm³/mol. The second kappa shape index (κ2) is 5.29. The number of rotatable bonds is 4. The number of nitrogens with zero attached hydrogens (tertiary/aromatic N) is 2. The van der Waals surface area contributed by atoms with E-state index in [1.807, 2.05) is 19.9 Å². The zero-order valence-corrected chi connectivity index (χ0v) is 12.0. The third-order valence-corrected chi connectivity index (χ3v) is 3.33. The molecule has 98 valence electrons. The first-order valence-corrected chi connectivity index (χ1v) is 6.60. The van der Waals surface area contributed by atoms with E-state index in [2.05, 4.69) is 28.6 Å². The number of methoxy groups -OCH3 is 1. The van der Waals surface area contributed by atoms with Crippen molar-refractivity contribution in [3.05, 3.63) is 29.6 Å². The minimum Gasteiger partial charge on any atom is -0.380 e. The van der Waals surface area contributed by atoms with Gasteiger partial charge in [0.2, 0.25) is 0 Å². The quantitative estimate of drug-likeness (QED) is 0.790. The Morgan fingerprint density at radius 3 is 2.72 bits per heavy atom. The molecule has 0 radical (unpaired) electrons. The van der Waals surface area contributed by atoms with Crippen molar-refractivity contribution in [1.29, 1.82) is 0 Å². The lowest BCUT2D eigenvalue weighted by Gasteiger charge is -2.15. The van der Waals surface area contributed by atoms with Gasteiger partial charge in [0, 0.05) is 7.11 Å². The molecule has 2 unspecified atom stereocenters. The summed E-state index contributed by atoms with van der Waals surface area (Å²) in [5, 5.41) is -0.109. The fraction of sp³-hybridized carbons (Fsp3) is 0.500. The standard InChI is InChI=1S/C14H19ClN2O/c1-9-5-6-12-13(7-9)17(8-10(2)18-4)14(16-12)11(3)15/h5-7,10-11H,8H2,1-4H3. The summed E-state index contributed by atoms with van der Waals surface area (Å²) in [5.74, 6) is 0.904. The van der Waals surface area contributed by atoms with Crippen LogP contribution in [0.5, 0.6) is 0 Å². The van der Waals surface area contributed by atoms with Crippen LogP contribution in [0.15, 0.2) is 18.2 Å². The average Bonchev–Trinajstić information content (AvgIpc) is 2.67. The molecular weight excluding hydrogens is 248 g/mol. The van der Waals surface area contributed by atoms with E-state index in [-0.39, 0.29) is 11.5 Å². The molecule has 1 aromatic heterocycles. The normalized spacial score (nSPS) is 14.9. The van der Waals surface area contributed by atoms with E-state index >= 15 is 0 Å². The molecule has 0 fully saturated rings. The van der Waals surface area contributed by atoms with Gasteiger partial charge < -0.3 is 9.30 Å². The second-order valence-corrected chi connectivity index (χ2v) is 5.39. The molecule has 0 saturated carbocycles. The van der Waals surface area contributed by atoms with Crippen LogP contribution in [0.2, 0.25) is 0 Å². The zero-order chi connectivity index (χ0) is 13.3. The molecule has 0 saturated heterocycles. The Morgan fingerprint density at radius 2 is 2.11 bits per heavy atom. The third-order valence-electron chi connectivity index (χ3n) is 3.13. The van der Waals surface area contributed by atoms with E-state index in [1.54, 1.807) is 7.11 Å². The van der Waals surface area contributed by atoms with Gasteiger partial charge in [0.25, 0.3) is 0 Å². The van der Waals surface area contributed by atoms with Crippen molar-refractivity contribution in [2.24, 2.45) is 0 Å². The largest absolute Gasteiger partial charge is 0.380 e. The smallest absolute Gasteiger partial charge is 0.127 e. The van der Waals surface area contributed by atoms with Crippen LogP contribution >= 0.6 is 11.6 Å². The van der Waals surface area contributed by atoms with Crippen LogP contribution in [-0.2, 0) is 11.3 Å². The first kappa shape index (κ1) is 13.4. The fourth-order valence-corrected chi connectivity index (χ4v) is 2.25. The van der Waals surface area contributed by atoms with E-state index in [0.717, 1.165) is 23.4 Å². The maximum absolute atomic E-state index is 6.22. The van der Waals surface area contributed by atoms with E-state index in [9.17, 15) is 0 Å². The molecule has 0 N–H and O–H groups in total. The van der Waals surface area contributed by atoms with Gasteiger partial charge in [-0.05, 0) is 38.5 Å². The first-order valence-electron chi connectivity index (χ1n) is 6.16. The summed E-state index contributed by atoms with van der Waals surface area (Å²) < 4.78 is 7.51. The van der Waals surface area contributed by atoms with Gasteiger partial charge in [0.1, 0.15) is 5.82 Å². The number of imidazole rings is 1. The minimum atomic E-state index is -0.109. The Bertz CT molecular complexity index is 548. The molecule has 0 bridgehead atoms. The number of aromatic nitrogens is 2. The van der Waals surface area contributed by atoms with E-state index < -0.39 is 0 Å². The number of ether oxygens (including phenoxy) is 1. The van der Waals surface area contributed by atoms with Crippen molar-refractivity contribution < 1.29 is 4.74 Å². The molecule has 0 amide bonds. The highest BCUT2D eigenvalue weighted by atomic mass is 35.5. The molecule has 0 aliphatic rings. The number of aryl methyl sites for hydroxylation is 1. The summed E-state index contributed by atoms with van der Waals surface area (Å²) in [7, 11) is 1.72. The maximum Gasteiger partial charge on any atom is 0.127 e. The zero-order valence-electron chi connectivity index (χ0n) is 11.3. The molecule has 18 heavy (non-hydrogen) atoms. The molecule has 0 aliphatic carbocycles. The van der Waals surface area contributed by atoms with E-state index in [0.29, 0.717) is 0 Å². The molecule has 1 heterocycles. The van der Waals surface area contributed by atoms with Crippen molar-refractivity contribution in [1.82, 2.24) is 9.55 Å². The monoisotopic (exact) mass is 266 g/mol. The lowest BCUT2D eigenvalue weighted by atomic mass is 10.2. The molecule has 1 aromatic carbocycles. The van der Waals surface area contributed by atoms with Gasteiger partial charge >= 0.3 is 0 Å². The number of halogens is 1. The van der Waals surface area contributed by atoms with Gasteiger partial charge in [-0.3, -0.25) is 0 Å². The van der Waals surface area contributed by atoms with Gasteiger partial charge in [-0.15, -0.1) is 11.6 Å². The van der Waals surface area contributed by atoms with Crippen LogP contribution in [0.3, 0.4) is 0 Å². The van der Waals surface area contributed by atoms with Gasteiger partial charge in [-0.1, -0.05) is 6.07 Å². The maximum atomic E-state index is 6.22. The van der Waals surface area contributed by atoms with E-state index in [4.69, 9.17) is 16.3 Å². The summed E-state index contributed by atoms with van der Waals surface area (Å²) >= 11 is 6.22. The SMILES string of the molecule is COC(C)Cn1c(C(C)Cl)nc2ccc(C)cc21. The second-order valence-electron chi connectivity index (χ2n) is 4.74. The summed E-state index contributed by atoms with van der Waals surface area (Å²) in [6, 6.07) is 6.26. The molecule has 0 spiro atoms. The summed E-state index contributed by atoms with van der Waals surface area (Å²) in [6.45, 7) is 6.84. The Hall–Kier alpha value is -1.06. The number of hydrogen-bond acceptors (Lipinski definition) is 2. The van der Waals surface area contributed by atoms with Crippen molar-refractivity contribution >= 4 is 22.6 Å². The lowest BCUT2D eigenvalue weighted by Crippen LogP contribution is -2.17. The Kier molecular flexibility index (Phi) is 3.93. The van der Waals surface area contributed by atoms with Crippen LogP contribution < -0.4 is 0 Å². The van der Waals surface area contributed by atoms with Crippen molar-refractivity contribution in [3.63, 3.8) is 0 Å². The van der Waals surface area contributed by atoms with E-state index in [1.165, 1.54) is 5.56 Å². The average molecular weight is 267 g/mol. The molecular formula is C14H19ClN2O. The topological polar surface area (TPSA) is 27.1 Å². The van der Waals surface area contributed by atoms with Crippen LogP contribution in [0.1, 0.15) is 30.6 Å². The molecule has 4 heteroatoms. The number of alkyl halides is 1. The number of benzene rings is 1. The molecule has 2 atom stereocenters. The Labute approximate surface area is 113 Å². The molecule has 2 aromatic rings. The van der Waals surface area contributed by atoms with Gasteiger partial charge in [-0.2, -0.15) is 0 Å². The molecule has 3 nitrogen and oxygen atoms in total. The lowest BCUT2D eigenvalue weighted by molar-refractivity contribution is 0.103. The first-order chi connectivity index (χ1) is 8.52.